The molecule has 2 rings (SSSR count). The second-order valence-corrected chi connectivity index (χ2v) is 5.81. The molecule has 6 heteroatoms. The van der Waals surface area contributed by atoms with Crippen LogP contribution < -0.4 is 10.6 Å². The van der Waals surface area contributed by atoms with Crippen molar-refractivity contribution in [2.75, 3.05) is 5.32 Å². The Morgan fingerprint density at radius 2 is 2.30 bits per heavy atom. The molecule has 0 unspecified atom stereocenters. The van der Waals surface area contributed by atoms with Gasteiger partial charge in [0.15, 0.2) is 0 Å². The van der Waals surface area contributed by atoms with Gasteiger partial charge in [-0.05, 0) is 37.3 Å². The fraction of sp³-hybridized carbons (Fsp3) is 0.429. The van der Waals surface area contributed by atoms with Gasteiger partial charge < -0.3 is 5.32 Å². The summed E-state index contributed by atoms with van der Waals surface area (Å²) in [5.41, 5.74) is 1.25. The summed E-state index contributed by atoms with van der Waals surface area (Å²) in [6.07, 6.45) is 2.60. The van der Waals surface area contributed by atoms with E-state index in [4.69, 9.17) is 0 Å². The third-order valence-electron chi connectivity index (χ3n) is 3.21. The van der Waals surface area contributed by atoms with Gasteiger partial charge in [-0.3, -0.25) is 5.32 Å². The highest BCUT2D eigenvalue weighted by Gasteiger charge is 2.10. The van der Waals surface area contributed by atoms with Gasteiger partial charge in [0, 0.05) is 17.0 Å². The molecule has 1 atom stereocenters. The number of rotatable bonds is 5. The van der Waals surface area contributed by atoms with Gasteiger partial charge in [0.2, 0.25) is 0 Å². The summed E-state index contributed by atoms with van der Waals surface area (Å²) in [7, 11) is 0. The number of nitrogens with one attached hydrogen (secondary N) is 2. The number of aryl methyl sites for hydroxylation is 1. The number of thiophene rings is 1. The average Bonchev–Trinajstić information content (AvgIpc) is 3.00. The standard InChI is InChI=1S/C14H20N4OS/c1-4-11(3)16-14(19)17-13-5-7-15-18(13)9-12-10(2)6-8-20-12/h5-8,11H,4,9H2,1-3H3,(H2,16,17,19)/t11-/m1/s1. The van der Waals surface area contributed by atoms with E-state index >= 15 is 0 Å². The molecule has 2 heterocycles. The van der Waals surface area contributed by atoms with Gasteiger partial charge in [-0.2, -0.15) is 5.10 Å². The number of hydrogen-bond donors (Lipinski definition) is 2. The first-order chi connectivity index (χ1) is 9.60. The van der Waals surface area contributed by atoms with E-state index in [0.29, 0.717) is 12.4 Å². The molecule has 0 aliphatic carbocycles. The highest BCUT2D eigenvalue weighted by Crippen LogP contribution is 2.18. The minimum Gasteiger partial charge on any atom is -0.335 e. The third-order valence-corrected chi connectivity index (χ3v) is 4.22. The molecule has 20 heavy (non-hydrogen) atoms. The second-order valence-electron chi connectivity index (χ2n) is 4.81. The van der Waals surface area contributed by atoms with E-state index in [1.165, 1.54) is 10.4 Å². The lowest BCUT2D eigenvalue weighted by atomic mass is 10.3. The van der Waals surface area contributed by atoms with Crippen LogP contribution in [0.1, 0.15) is 30.7 Å². The molecule has 0 saturated heterocycles. The first kappa shape index (κ1) is 14.6. The van der Waals surface area contributed by atoms with E-state index in [9.17, 15) is 4.79 Å². The van der Waals surface area contributed by atoms with Gasteiger partial charge in [-0.25, -0.2) is 9.48 Å². The van der Waals surface area contributed by atoms with Gasteiger partial charge in [0.1, 0.15) is 5.82 Å². The molecule has 0 aliphatic rings. The topological polar surface area (TPSA) is 59.0 Å². The summed E-state index contributed by atoms with van der Waals surface area (Å²) < 4.78 is 1.80. The van der Waals surface area contributed by atoms with Crippen molar-refractivity contribution >= 4 is 23.2 Å². The minimum absolute atomic E-state index is 0.158. The number of anilines is 1. The van der Waals surface area contributed by atoms with Crippen molar-refractivity contribution < 1.29 is 4.79 Å². The summed E-state index contributed by atoms with van der Waals surface area (Å²) in [5, 5.41) is 12.1. The van der Waals surface area contributed by atoms with Crippen molar-refractivity contribution in [1.29, 1.82) is 0 Å². The van der Waals surface area contributed by atoms with Gasteiger partial charge >= 0.3 is 6.03 Å². The first-order valence-electron chi connectivity index (χ1n) is 6.72. The highest BCUT2D eigenvalue weighted by atomic mass is 32.1. The molecule has 2 amide bonds. The largest absolute Gasteiger partial charge is 0.335 e. The second kappa shape index (κ2) is 6.56. The molecule has 0 radical (unpaired) electrons. The Balaban J connectivity index is 2.02. The Bertz CT molecular complexity index is 575. The molecular weight excluding hydrogens is 272 g/mol. The van der Waals surface area contributed by atoms with E-state index < -0.39 is 0 Å². The van der Waals surface area contributed by atoms with Crippen molar-refractivity contribution in [3.63, 3.8) is 0 Å². The van der Waals surface area contributed by atoms with Crippen molar-refractivity contribution in [2.24, 2.45) is 0 Å². The Hall–Kier alpha value is -1.82. The lowest BCUT2D eigenvalue weighted by Crippen LogP contribution is -2.36. The zero-order chi connectivity index (χ0) is 14.5. The highest BCUT2D eigenvalue weighted by molar-refractivity contribution is 7.10. The molecule has 0 spiro atoms. The van der Waals surface area contributed by atoms with Crippen molar-refractivity contribution in [2.45, 2.75) is 39.8 Å². The first-order valence-corrected chi connectivity index (χ1v) is 7.60. The third kappa shape index (κ3) is 3.60. The summed E-state index contributed by atoms with van der Waals surface area (Å²) >= 11 is 1.70. The minimum atomic E-state index is -0.191. The Labute approximate surface area is 123 Å². The van der Waals surface area contributed by atoms with E-state index in [-0.39, 0.29) is 12.1 Å². The summed E-state index contributed by atoms with van der Waals surface area (Å²) in [6.45, 7) is 6.77. The molecule has 0 aliphatic heterocycles. The van der Waals surface area contributed by atoms with Crippen LogP contribution in [0.2, 0.25) is 0 Å². The van der Waals surface area contributed by atoms with Crippen LogP contribution in [0.15, 0.2) is 23.7 Å². The van der Waals surface area contributed by atoms with Crippen LogP contribution in [-0.4, -0.2) is 21.9 Å². The van der Waals surface area contributed by atoms with E-state index in [1.807, 2.05) is 13.8 Å². The molecule has 0 saturated carbocycles. The van der Waals surface area contributed by atoms with Crippen LogP contribution in [0.5, 0.6) is 0 Å². The normalized spacial score (nSPS) is 12.2. The molecule has 5 nitrogen and oxygen atoms in total. The summed E-state index contributed by atoms with van der Waals surface area (Å²) in [5.74, 6) is 0.707. The predicted molar refractivity (Wildman–Crippen MR) is 82.3 cm³/mol. The molecular formula is C14H20N4OS. The molecule has 2 N–H and O–H groups in total. The fourth-order valence-corrected chi connectivity index (χ4v) is 2.63. The SMILES string of the molecule is CC[C@@H](C)NC(=O)Nc1ccnn1Cc1sccc1C. The van der Waals surface area contributed by atoms with Crippen molar-refractivity contribution in [1.82, 2.24) is 15.1 Å². The quantitative estimate of drug-likeness (QED) is 0.889. The van der Waals surface area contributed by atoms with Gasteiger partial charge in [-0.1, -0.05) is 6.92 Å². The van der Waals surface area contributed by atoms with Crippen molar-refractivity contribution in [3.05, 3.63) is 34.2 Å². The van der Waals surface area contributed by atoms with Gasteiger partial charge in [-0.15, -0.1) is 11.3 Å². The van der Waals surface area contributed by atoms with E-state index in [1.54, 1.807) is 28.3 Å². The van der Waals surface area contributed by atoms with Crippen LogP contribution >= 0.6 is 11.3 Å². The van der Waals surface area contributed by atoms with Crippen LogP contribution in [0.3, 0.4) is 0 Å². The molecule has 108 valence electrons. The molecule has 0 fully saturated rings. The summed E-state index contributed by atoms with van der Waals surface area (Å²) in [6, 6.07) is 3.86. The zero-order valence-corrected chi connectivity index (χ0v) is 12.8. The number of carbonyl (C=O) groups is 1. The Morgan fingerprint density at radius 1 is 1.50 bits per heavy atom. The predicted octanol–water partition coefficient (Wildman–Crippen LogP) is 3.22. The van der Waals surface area contributed by atoms with Gasteiger partial charge in [0.25, 0.3) is 0 Å². The number of carbonyl (C=O) groups excluding carboxylic acids is 1. The maximum absolute atomic E-state index is 11.8. The molecule has 0 aromatic carbocycles. The number of urea groups is 1. The van der Waals surface area contributed by atoms with Crippen LogP contribution in [0, 0.1) is 6.92 Å². The molecule has 0 bridgehead atoms. The summed E-state index contributed by atoms with van der Waals surface area (Å²) in [4.78, 5) is 13.1. The average molecular weight is 292 g/mol. The molecule has 2 aromatic rings. The molecule has 2 aromatic heterocycles. The maximum Gasteiger partial charge on any atom is 0.320 e. The smallest absolute Gasteiger partial charge is 0.320 e. The maximum atomic E-state index is 11.8. The zero-order valence-electron chi connectivity index (χ0n) is 12.0. The van der Waals surface area contributed by atoms with E-state index in [0.717, 1.165) is 6.42 Å². The van der Waals surface area contributed by atoms with Crippen LogP contribution in [0.25, 0.3) is 0 Å². The van der Waals surface area contributed by atoms with Crippen LogP contribution in [0.4, 0.5) is 10.6 Å². The Morgan fingerprint density at radius 3 is 2.95 bits per heavy atom. The van der Waals surface area contributed by atoms with E-state index in [2.05, 4.69) is 34.1 Å². The van der Waals surface area contributed by atoms with Crippen molar-refractivity contribution in [3.8, 4) is 0 Å². The number of hydrogen-bond acceptors (Lipinski definition) is 3. The lowest BCUT2D eigenvalue weighted by Gasteiger charge is -2.13. The monoisotopic (exact) mass is 292 g/mol. The number of nitrogens with zero attached hydrogens (tertiary/aromatic N) is 2. The fourth-order valence-electron chi connectivity index (χ4n) is 1.75. The van der Waals surface area contributed by atoms with Crippen LogP contribution in [-0.2, 0) is 6.54 Å². The Kier molecular flexibility index (Phi) is 4.79. The number of amides is 2. The van der Waals surface area contributed by atoms with Gasteiger partial charge in [0.05, 0.1) is 12.7 Å². The number of aromatic nitrogens is 2. The lowest BCUT2D eigenvalue weighted by molar-refractivity contribution is 0.248.